The fourth-order valence-corrected chi connectivity index (χ4v) is 3.72. The highest BCUT2D eigenvalue weighted by atomic mass is 32.2. The molecule has 0 saturated heterocycles. The molecular weight excluding hydrogens is 359 g/mol. The minimum atomic E-state index is -3.98. The van der Waals surface area contributed by atoms with Crippen molar-refractivity contribution >= 4 is 21.2 Å². The number of hydrogen-bond acceptors (Lipinski definition) is 4. The lowest BCUT2D eigenvalue weighted by Crippen LogP contribution is -2.26. The van der Waals surface area contributed by atoms with E-state index in [1.807, 2.05) is 6.92 Å². The third-order valence-corrected chi connectivity index (χ3v) is 5.46. The lowest BCUT2D eigenvalue weighted by Gasteiger charge is -2.07. The molecule has 138 valence electrons. The van der Waals surface area contributed by atoms with Crippen LogP contribution in [0.3, 0.4) is 0 Å². The van der Waals surface area contributed by atoms with Gasteiger partial charge in [-0.1, -0.05) is 13.0 Å². The zero-order valence-electron chi connectivity index (χ0n) is 14.7. The van der Waals surface area contributed by atoms with Gasteiger partial charge in [-0.3, -0.25) is 13.9 Å². The molecule has 3 aromatic rings. The van der Waals surface area contributed by atoms with E-state index in [-0.39, 0.29) is 21.7 Å². The third-order valence-electron chi connectivity index (χ3n) is 4.11. The van der Waals surface area contributed by atoms with Crippen molar-refractivity contribution in [1.29, 1.82) is 0 Å². The summed E-state index contributed by atoms with van der Waals surface area (Å²) in [6.45, 7) is 5.63. The summed E-state index contributed by atoms with van der Waals surface area (Å²) in [7, 11) is -3.98. The Morgan fingerprint density at radius 1 is 1.23 bits per heavy atom. The Labute approximate surface area is 150 Å². The van der Waals surface area contributed by atoms with Crippen molar-refractivity contribution < 1.29 is 12.8 Å². The van der Waals surface area contributed by atoms with Gasteiger partial charge in [-0.2, -0.15) is 5.10 Å². The number of hydrogen-bond donors (Lipinski definition) is 1. The second-order valence-corrected chi connectivity index (χ2v) is 7.57. The Bertz CT molecular complexity index is 1150. The van der Waals surface area contributed by atoms with Gasteiger partial charge in [0.1, 0.15) is 22.1 Å². The molecule has 1 N–H and O–H groups in total. The van der Waals surface area contributed by atoms with Gasteiger partial charge in [-0.15, -0.1) is 0 Å². The van der Waals surface area contributed by atoms with Crippen LogP contribution in [0.5, 0.6) is 0 Å². The smallest absolute Gasteiger partial charge is 0.291 e. The highest BCUT2D eigenvalue weighted by molar-refractivity contribution is 7.92. The van der Waals surface area contributed by atoms with Gasteiger partial charge in [0, 0.05) is 19.2 Å². The molecule has 9 heteroatoms. The van der Waals surface area contributed by atoms with E-state index in [1.165, 1.54) is 33.5 Å². The summed E-state index contributed by atoms with van der Waals surface area (Å²) >= 11 is 0. The summed E-state index contributed by atoms with van der Waals surface area (Å²) in [5.74, 6) is 0.0693. The molecule has 7 nitrogen and oxygen atoms in total. The van der Waals surface area contributed by atoms with E-state index in [2.05, 4.69) is 9.82 Å². The SMILES string of the molecule is CCc1nn(CC)c(=O)c2cc(S(=O)(=O)Nc3ccc(C)c(F)c3)cn12. The summed E-state index contributed by atoms with van der Waals surface area (Å²) in [6, 6.07) is 5.39. The Morgan fingerprint density at radius 2 is 1.96 bits per heavy atom. The molecule has 1 aromatic carbocycles. The van der Waals surface area contributed by atoms with Crippen LogP contribution in [0, 0.1) is 12.7 Å². The number of anilines is 1. The van der Waals surface area contributed by atoms with Crippen LogP contribution in [-0.2, 0) is 23.0 Å². The van der Waals surface area contributed by atoms with Crippen LogP contribution in [-0.4, -0.2) is 22.6 Å². The average Bonchev–Trinajstić information content (AvgIpc) is 3.05. The first-order chi connectivity index (χ1) is 12.3. The normalized spacial score (nSPS) is 11.8. The lowest BCUT2D eigenvalue weighted by molar-refractivity contribution is 0.583. The van der Waals surface area contributed by atoms with Gasteiger partial charge < -0.3 is 0 Å². The quantitative estimate of drug-likeness (QED) is 0.738. The first-order valence-corrected chi connectivity index (χ1v) is 9.66. The van der Waals surface area contributed by atoms with Crippen LogP contribution in [0.25, 0.3) is 5.52 Å². The number of aromatic nitrogens is 3. The zero-order chi connectivity index (χ0) is 19.1. The van der Waals surface area contributed by atoms with Crippen LogP contribution in [0.2, 0.25) is 0 Å². The highest BCUT2D eigenvalue weighted by Gasteiger charge is 2.20. The number of halogens is 1. The molecule has 0 saturated carbocycles. The third kappa shape index (κ3) is 3.10. The van der Waals surface area contributed by atoms with E-state index in [0.29, 0.717) is 24.4 Å². The van der Waals surface area contributed by atoms with E-state index in [1.54, 1.807) is 13.8 Å². The molecule has 0 fully saturated rings. The van der Waals surface area contributed by atoms with Crippen molar-refractivity contribution in [3.8, 4) is 0 Å². The fraction of sp³-hybridized carbons (Fsp3) is 0.294. The number of nitrogens with one attached hydrogen (secondary N) is 1. The number of sulfonamides is 1. The number of nitrogens with zero attached hydrogens (tertiary/aromatic N) is 3. The zero-order valence-corrected chi connectivity index (χ0v) is 15.5. The van der Waals surface area contributed by atoms with Gasteiger partial charge >= 0.3 is 0 Å². The van der Waals surface area contributed by atoms with Crippen molar-refractivity contribution in [2.24, 2.45) is 0 Å². The van der Waals surface area contributed by atoms with E-state index >= 15 is 0 Å². The standard InChI is InChI=1S/C17H19FN4O3S/c1-4-16-19-22(5-2)17(23)15-9-13(10-21(15)16)26(24,25)20-12-7-6-11(3)14(18)8-12/h6-10,20H,4-5H2,1-3H3. The molecule has 0 spiro atoms. The maximum atomic E-state index is 13.7. The molecule has 0 unspecified atom stereocenters. The van der Waals surface area contributed by atoms with Crippen LogP contribution < -0.4 is 10.3 Å². The highest BCUT2D eigenvalue weighted by Crippen LogP contribution is 2.20. The Morgan fingerprint density at radius 3 is 2.58 bits per heavy atom. The number of rotatable bonds is 5. The molecule has 0 bridgehead atoms. The van der Waals surface area contributed by atoms with E-state index in [9.17, 15) is 17.6 Å². The minimum absolute atomic E-state index is 0.0825. The van der Waals surface area contributed by atoms with Crippen LogP contribution in [0.4, 0.5) is 10.1 Å². The Kier molecular flexibility index (Phi) is 4.57. The maximum Gasteiger partial charge on any atom is 0.291 e. The van der Waals surface area contributed by atoms with Gasteiger partial charge in [0.15, 0.2) is 0 Å². The number of aryl methyl sites for hydroxylation is 3. The van der Waals surface area contributed by atoms with Crippen LogP contribution in [0.1, 0.15) is 25.2 Å². The van der Waals surface area contributed by atoms with Crippen molar-refractivity contribution in [2.75, 3.05) is 4.72 Å². The molecule has 2 aromatic heterocycles. The predicted molar refractivity (Wildman–Crippen MR) is 96.4 cm³/mol. The largest absolute Gasteiger partial charge is 0.297 e. The summed E-state index contributed by atoms with van der Waals surface area (Å²) in [6.07, 6.45) is 1.89. The summed E-state index contributed by atoms with van der Waals surface area (Å²) in [4.78, 5) is 12.3. The van der Waals surface area contributed by atoms with Crippen molar-refractivity contribution in [3.05, 3.63) is 58.0 Å². The van der Waals surface area contributed by atoms with Gasteiger partial charge in [-0.25, -0.2) is 17.5 Å². The first-order valence-electron chi connectivity index (χ1n) is 8.18. The van der Waals surface area contributed by atoms with E-state index in [0.717, 1.165) is 6.07 Å². The van der Waals surface area contributed by atoms with Gasteiger partial charge in [0.25, 0.3) is 15.6 Å². The predicted octanol–water partition coefficient (Wildman–Crippen LogP) is 2.33. The summed E-state index contributed by atoms with van der Waals surface area (Å²) < 4.78 is 44.1. The van der Waals surface area contributed by atoms with Gasteiger partial charge in [0.05, 0.1) is 5.69 Å². The molecule has 0 radical (unpaired) electrons. The molecule has 0 atom stereocenters. The number of benzene rings is 1. The molecule has 0 aliphatic rings. The van der Waals surface area contributed by atoms with Crippen LogP contribution in [0.15, 0.2) is 40.2 Å². The molecule has 0 aliphatic carbocycles. The lowest BCUT2D eigenvalue weighted by atomic mass is 10.2. The molecular formula is C17H19FN4O3S. The van der Waals surface area contributed by atoms with Crippen LogP contribution >= 0.6 is 0 Å². The maximum absolute atomic E-state index is 13.7. The minimum Gasteiger partial charge on any atom is -0.297 e. The van der Waals surface area contributed by atoms with E-state index in [4.69, 9.17) is 0 Å². The number of fused-ring (bicyclic) bond motifs is 1. The summed E-state index contributed by atoms with van der Waals surface area (Å²) in [5.41, 5.74) is 0.395. The van der Waals surface area contributed by atoms with Crippen molar-refractivity contribution in [3.63, 3.8) is 0 Å². The fourth-order valence-electron chi connectivity index (χ4n) is 2.65. The van der Waals surface area contributed by atoms with Gasteiger partial charge in [0.2, 0.25) is 0 Å². The first kappa shape index (κ1) is 18.1. The molecule has 0 aliphatic heterocycles. The molecule has 3 rings (SSSR count). The van der Waals surface area contributed by atoms with Crippen molar-refractivity contribution in [2.45, 2.75) is 38.6 Å². The summed E-state index contributed by atoms with van der Waals surface area (Å²) in [5, 5.41) is 4.24. The van der Waals surface area contributed by atoms with E-state index < -0.39 is 15.8 Å². The Balaban J connectivity index is 2.10. The monoisotopic (exact) mass is 378 g/mol. The second-order valence-electron chi connectivity index (χ2n) is 5.89. The Hall–Kier alpha value is -2.68. The van der Waals surface area contributed by atoms with Crippen molar-refractivity contribution in [1.82, 2.24) is 14.2 Å². The average molecular weight is 378 g/mol. The molecule has 26 heavy (non-hydrogen) atoms. The molecule has 2 heterocycles. The van der Waals surface area contributed by atoms with Gasteiger partial charge in [-0.05, 0) is 37.6 Å². The second kappa shape index (κ2) is 6.56. The topological polar surface area (TPSA) is 85.5 Å². The molecule has 0 amide bonds.